The van der Waals surface area contributed by atoms with Gasteiger partial charge in [0.05, 0.1) is 6.04 Å². The molecule has 1 atom stereocenters. The molecule has 1 aromatic heterocycles. The van der Waals surface area contributed by atoms with Gasteiger partial charge in [0.1, 0.15) is 0 Å². The number of aryl methyl sites for hydroxylation is 1. The standard InChI is InChI=1S/C17H20Cl2N4.HI/c1-11-3-4-13(10-22-11)7-8-21-17(20)23-12(2)15-6-5-14(18)9-16(15)19;/h3-6,9-10,12H,7-8H2,1-2H3,(H3,20,21,23);1H. The summed E-state index contributed by atoms with van der Waals surface area (Å²) in [4.78, 5) is 8.60. The number of aromatic nitrogens is 1. The summed E-state index contributed by atoms with van der Waals surface area (Å²) in [5, 5.41) is 4.35. The molecule has 4 nitrogen and oxygen atoms in total. The van der Waals surface area contributed by atoms with E-state index in [-0.39, 0.29) is 30.0 Å². The second-order valence-electron chi connectivity index (χ2n) is 5.36. The maximum Gasteiger partial charge on any atom is 0.189 e. The van der Waals surface area contributed by atoms with Crippen molar-refractivity contribution in [2.75, 3.05) is 6.54 Å². The van der Waals surface area contributed by atoms with Crippen molar-refractivity contribution in [2.24, 2.45) is 10.7 Å². The molecule has 24 heavy (non-hydrogen) atoms. The van der Waals surface area contributed by atoms with Crippen molar-refractivity contribution in [2.45, 2.75) is 26.3 Å². The lowest BCUT2D eigenvalue weighted by Crippen LogP contribution is -2.34. The predicted molar refractivity (Wildman–Crippen MR) is 113 cm³/mol. The Morgan fingerprint density at radius 3 is 2.67 bits per heavy atom. The summed E-state index contributed by atoms with van der Waals surface area (Å²) in [6, 6.07) is 9.40. The van der Waals surface area contributed by atoms with Crippen LogP contribution in [0.25, 0.3) is 0 Å². The largest absolute Gasteiger partial charge is 0.370 e. The molecule has 0 radical (unpaired) electrons. The lowest BCUT2D eigenvalue weighted by Gasteiger charge is -2.16. The fourth-order valence-corrected chi connectivity index (χ4v) is 2.72. The Kier molecular flexibility index (Phi) is 8.80. The van der Waals surface area contributed by atoms with Crippen molar-refractivity contribution < 1.29 is 0 Å². The van der Waals surface area contributed by atoms with Crippen LogP contribution < -0.4 is 11.1 Å². The van der Waals surface area contributed by atoms with Crippen molar-refractivity contribution in [1.29, 1.82) is 0 Å². The summed E-state index contributed by atoms with van der Waals surface area (Å²) >= 11 is 12.1. The molecule has 0 fully saturated rings. The van der Waals surface area contributed by atoms with Crippen LogP contribution in [0.1, 0.15) is 29.8 Å². The molecular weight excluding hydrogens is 458 g/mol. The van der Waals surface area contributed by atoms with Gasteiger partial charge in [0.15, 0.2) is 5.96 Å². The minimum Gasteiger partial charge on any atom is -0.370 e. The molecule has 1 heterocycles. The fraction of sp³-hybridized carbons (Fsp3) is 0.294. The number of nitrogens with zero attached hydrogens (tertiary/aromatic N) is 2. The summed E-state index contributed by atoms with van der Waals surface area (Å²) in [6.45, 7) is 4.54. The molecule has 2 aromatic rings. The number of rotatable bonds is 5. The van der Waals surface area contributed by atoms with Gasteiger partial charge in [-0.3, -0.25) is 9.98 Å². The molecule has 0 saturated carbocycles. The Balaban J connectivity index is 0.00000288. The highest BCUT2D eigenvalue weighted by Gasteiger charge is 2.10. The maximum absolute atomic E-state index is 6.19. The van der Waals surface area contributed by atoms with Crippen molar-refractivity contribution >= 4 is 53.1 Å². The molecule has 1 unspecified atom stereocenters. The number of aliphatic imine (C=N–C) groups is 1. The molecule has 130 valence electrons. The summed E-state index contributed by atoms with van der Waals surface area (Å²) in [7, 11) is 0. The van der Waals surface area contributed by atoms with E-state index in [1.807, 2.05) is 32.2 Å². The first-order chi connectivity index (χ1) is 11.0. The van der Waals surface area contributed by atoms with Crippen molar-refractivity contribution in [3.8, 4) is 0 Å². The number of nitrogens with two attached hydrogens (primary N) is 1. The first-order valence-corrected chi connectivity index (χ1v) is 8.14. The van der Waals surface area contributed by atoms with Crippen LogP contribution in [0.5, 0.6) is 0 Å². The van der Waals surface area contributed by atoms with E-state index < -0.39 is 0 Å². The summed E-state index contributed by atoms with van der Waals surface area (Å²) < 4.78 is 0. The Morgan fingerprint density at radius 1 is 1.29 bits per heavy atom. The van der Waals surface area contributed by atoms with Crippen molar-refractivity contribution in [3.05, 3.63) is 63.4 Å². The van der Waals surface area contributed by atoms with Crippen LogP contribution in [0.4, 0.5) is 0 Å². The molecule has 3 N–H and O–H groups in total. The first-order valence-electron chi connectivity index (χ1n) is 7.38. The van der Waals surface area contributed by atoms with Gasteiger partial charge >= 0.3 is 0 Å². The molecule has 1 aromatic carbocycles. The number of halogens is 3. The molecule has 0 aliphatic rings. The number of benzene rings is 1. The topological polar surface area (TPSA) is 63.3 Å². The highest BCUT2D eigenvalue weighted by atomic mass is 127. The van der Waals surface area contributed by atoms with Crippen molar-refractivity contribution in [1.82, 2.24) is 10.3 Å². The summed E-state index contributed by atoms with van der Waals surface area (Å²) in [5.41, 5.74) is 9.01. The zero-order valence-electron chi connectivity index (χ0n) is 13.6. The molecular formula is C17H21Cl2IN4. The highest BCUT2D eigenvalue weighted by molar-refractivity contribution is 14.0. The Morgan fingerprint density at radius 2 is 2.04 bits per heavy atom. The van der Waals surface area contributed by atoms with E-state index in [4.69, 9.17) is 28.9 Å². The van der Waals surface area contributed by atoms with Gasteiger partial charge in [-0.1, -0.05) is 35.3 Å². The Labute approximate surface area is 169 Å². The molecule has 2 rings (SSSR count). The normalized spacial score (nSPS) is 12.4. The molecule has 0 aliphatic carbocycles. The Hall–Kier alpha value is -1.05. The maximum atomic E-state index is 6.19. The SMILES string of the molecule is Cc1ccc(CCN=C(N)NC(C)c2ccc(Cl)cc2Cl)cn1.I. The van der Waals surface area contributed by atoms with E-state index in [1.165, 1.54) is 0 Å². The van der Waals surface area contributed by atoms with Crippen LogP contribution in [-0.4, -0.2) is 17.5 Å². The van der Waals surface area contributed by atoms with Crippen LogP contribution >= 0.6 is 47.2 Å². The van der Waals surface area contributed by atoms with E-state index in [0.29, 0.717) is 22.5 Å². The number of pyridine rings is 1. The molecule has 0 bridgehead atoms. The average molecular weight is 479 g/mol. The Bertz CT molecular complexity index is 689. The van der Waals surface area contributed by atoms with Crippen LogP contribution in [0.15, 0.2) is 41.5 Å². The van der Waals surface area contributed by atoms with Gasteiger partial charge in [-0.2, -0.15) is 0 Å². The molecule has 0 amide bonds. The van der Waals surface area contributed by atoms with E-state index >= 15 is 0 Å². The lowest BCUT2D eigenvalue weighted by atomic mass is 10.1. The van der Waals surface area contributed by atoms with E-state index in [0.717, 1.165) is 23.2 Å². The molecule has 0 aliphatic heterocycles. The van der Waals surface area contributed by atoms with Gasteiger partial charge in [-0.05, 0) is 49.6 Å². The third-order valence-corrected chi connectivity index (χ3v) is 4.01. The van der Waals surface area contributed by atoms with E-state index in [2.05, 4.69) is 21.4 Å². The second kappa shape index (κ2) is 10.1. The first kappa shape index (κ1) is 21.0. The number of hydrogen-bond acceptors (Lipinski definition) is 2. The van der Waals surface area contributed by atoms with Crippen LogP contribution in [0.2, 0.25) is 10.0 Å². The van der Waals surface area contributed by atoms with Crippen molar-refractivity contribution in [3.63, 3.8) is 0 Å². The van der Waals surface area contributed by atoms with Gasteiger partial charge in [0.2, 0.25) is 0 Å². The van der Waals surface area contributed by atoms with Crippen LogP contribution in [0, 0.1) is 6.92 Å². The monoisotopic (exact) mass is 478 g/mol. The van der Waals surface area contributed by atoms with Gasteiger partial charge in [0, 0.05) is 28.5 Å². The average Bonchev–Trinajstić information content (AvgIpc) is 2.49. The van der Waals surface area contributed by atoms with Crippen LogP contribution in [0.3, 0.4) is 0 Å². The molecule has 0 spiro atoms. The smallest absolute Gasteiger partial charge is 0.189 e. The zero-order valence-corrected chi connectivity index (χ0v) is 17.4. The van der Waals surface area contributed by atoms with E-state index in [9.17, 15) is 0 Å². The number of guanidine groups is 1. The third kappa shape index (κ3) is 6.45. The van der Waals surface area contributed by atoms with Crippen LogP contribution in [-0.2, 0) is 6.42 Å². The van der Waals surface area contributed by atoms with Gasteiger partial charge < -0.3 is 11.1 Å². The minimum absolute atomic E-state index is 0. The third-order valence-electron chi connectivity index (χ3n) is 3.45. The summed E-state index contributed by atoms with van der Waals surface area (Å²) in [6.07, 6.45) is 2.66. The summed E-state index contributed by atoms with van der Waals surface area (Å²) in [5.74, 6) is 0.392. The van der Waals surface area contributed by atoms with Gasteiger partial charge in [-0.15, -0.1) is 24.0 Å². The second-order valence-corrected chi connectivity index (χ2v) is 6.20. The number of hydrogen-bond donors (Lipinski definition) is 2. The number of nitrogens with one attached hydrogen (secondary N) is 1. The zero-order chi connectivity index (χ0) is 16.8. The lowest BCUT2D eigenvalue weighted by molar-refractivity contribution is 0.707. The molecule has 0 saturated heterocycles. The van der Waals surface area contributed by atoms with Gasteiger partial charge in [0.25, 0.3) is 0 Å². The quantitative estimate of drug-likeness (QED) is 0.377. The predicted octanol–water partition coefficient (Wildman–Crippen LogP) is 4.52. The highest BCUT2D eigenvalue weighted by Crippen LogP contribution is 2.25. The molecule has 7 heteroatoms. The van der Waals surface area contributed by atoms with Gasteiger partial charge in [-0.25, -0.2) is 0 Å². The minimum atomic E-state index is -0.0513. The fourth-order valence-electron chi connectivity index (χ4n) is 2.15. The van der Waals surface area contributed by atoms with E-state index in [1.54, 1.807) is 12.1 Å².